The van der Waals surface area contributed by atoms with Crippen LogP contribution in [0.3, 0.4) is 0 Å². The van der Waals surface area contributed by atoms with Crippen molar-refractivity contribution in [3.63, 3.8) is 0 Å². The molecule has 2 nitrogen and oxygen atoms in total. The normalized spacial score (nSPS) is 12.6. The molecule has 21 heavy (non-hydrogen) atoms. The zero-order valence-corrected chi connectivity index (χ0v) is 15.5. The van der Waals surface area contributed by atoms with Gasteiger partial charge in [0.15, 0.2) is 0 Å². The van der Waals surface area contributed by atoms with E-state index in [4.69, 9.17) is 4.42 Å². The first-order valence-corrected chi connectivity index (χ1v) is 8.42. The Morgan fingerprint density at radius 1 is 1.24 bits per heavy atom. The number of halogens is 1. The van der Waals surface area contributed by atoms with Crippen LogP contribution in [0, 0.1) is 12.8 Å². The Hall–Kier alpha value is -0.800. The molecule has 0 unspecified atom stereocenters. The van der Waals surface area contributed by atoms with E-state index < -0.39 is 0 Å². The van der Waals surface area contributed by atoms with Gasteiger partial charge in [-0.05, 0) is 42.5 Å². The minimum absolute atomic E-state index is 0.0628. The van der Waals surface area contributed by atoms with Crippen LogP contribution in [0.4, 0.5) is 0 Å². The highest BCUT2D eigenvalue weighted by atomic mass is 79.9. The van der Waals surface area contributed by atoms with E-state index in [1.807, 2.05) is 0 Å². The van der Waals surface area contributed by atoms with Gasteiger partial charge < -0.3 is 9.73 Å². The molecule has 0 saturated heterocycles. The minimum atomic E-state index is 0.0628. The van der Waals surface area contributed by atoms with Crippen LogP contribution in [0.15, 0.2) is 21.0 Å². The van der Waals surface area contributed by atoms with Crippen molar-refractivity contribution in [2.75, 3.05) is 6.54 Å². The first kappa shape index (κ1) is 16.6. The van der Waals surface area contributed by atoms with Gasteiger partial charge in [-0.1, -0.05) is 50.5 Å². The SMILES string of the molecule is Cc1cc(Br)cc2c(C(C)(C)C)c(CNCC(C)C)oc12. The molecule has 0 fully saturated rings. The molecular weight excluding hydrogens is 326 g/mol. The van der Waals surface area contributed by atoms with Gasteiger partial charge in [0.1, 0.15) is 11.3 Å². The van der Waals surface area contributed by atoms with Crippen LogP contribution in [0.1, 0.15) is 51.5 Å². The Morgan fingerprint density at radius 2 is 1.90 bits per heavy atom. The summed E-state index contributed by atoms with van der Waals surface area (Å²) in [6.07, 6.45) is 0. The lowest BCUT2D eigenvalue weighted by molar-refractivity contribution is 0.464. The van der Waals surface area contributed by atoms with Crippen LogP contribution >= 0.6 is 15.9 Å². The third-order valence-electron chi connectivity index (χ3n) is 3.60. The molecular formula is C18H26BrNO. The van der Waals surface area contributed by atoms with Gasteiger partial charge in [-0.15, -0.1) is 0 Å². The molecule has 1 N–H and O–H groups in total. The number of rotatable bonds is 4. The van der Waals surface area contributed by atoms with E-state index in [0.29, 0.717) is 5.92 Å². The second kappa shape index (κ2) is 6.13. The Balaban J connectivity index is 2.51. The van der Waals surface area contributed by atoms with Crippen molar-refractivity contribution in [1.82, 2.24) is 5.32 Å². The number of aryl methyl sites for hydroxylation is 1. The van der Waals surface area contributed by atoms with Crippen LogP contribution in [-0.4, -0.2) is 6.54 Å². The Morgan fingerprint density at radius 3 is 2.48 bits per heavy atom. The number of fused-ring (bicyclic) bond motifs is 1. The topological polar surface area (TPSA) is 25.2 Å². The average Bonchev–Trinajstić information content (AvgIpc) is 2.66. The van der Waals surface area contributed by atoms with E-state index in [-0.39, 0.29) is 5.41 Å². The first-order chi connectivity index (χ1) is 9.70. The molecule has 0 spiro atoms. The van der Waals surface area contributed by atoms with Crippen LogP contribution in [0.25, 0.3) is 11.0 Å². The number of nitrogens with one attached hydrogen (secondary N) is 1. The van der Waals surface area contributed by atoms with Crippen LogP contribution in [0.2, 0.25) is 0 Å². The molecule has 1 heterocycles. The van der Waals surface area contributed by atoms with E-state index in [1.165, 1.54) is 16.5 Å². The monoisotopic (exact) mass is 351 g/mol. The zero-order valence-electron chi connectivity index (χ0n) is 13.9. The van der Waals surface area contributed by atoms with Gasteiger partial charge in [-0.3, -0.25) is 0 Å². The van der Waals surface area contributed by atoms with Gasteiger partial charge >= 0.3 is 0 Å². The summed E-state index contributed by atoms with van der Waals surface area (Å²) in [6.45, 7) is 15.1. The van der Waals surface area contributed by atoms with Gasteiger partial charge in [0.05, 0.1) is 6.54 Å². The summed E-state index contributed by atoms with van der Waals surface area (Å²) in [6, 6.07) is 4.29. The summed E-state index contributed by atoms with van der Waals surface area (Å²) in [4.78, 5) is 0. The van der Waals surface area contributed by atoms with Crippen molar-refractivity contribution in [3.8, 4) is 0 Å². The lowest BCUT2D eigenvalue weighted by Gasteiger charge is -2.19. The smallest absolute Gasteiger partial charge is 0.137 e. The second-order valence-corrected chi connectivity index (χ2v) is 8.19. The maximum Gasteiger partial charge on any atom is 0.137 e. The van der Waals surface area contributed by atoms with Crippen LogP contribution in [0.5, 0.6) is 0 Å². The molecule has 0 aliphatic rings. The van der Waals surface area contributed by atoms with Gasteiger partial charge in [0, 0.05) is 15.4 Å². The van der Waals surface area contributed by atoms with Crippen molar-refractivity contribution >= 4 is 26.9 Å². The number of hydrogen-bond acceptors (Lipinski definition) is 2. The predicted molar refractivity (Wildman–Crippen MR) is 93.9 cm³/mol. The highest BCUT2D eigenvalue weighted by Gasteiger charge is 2.25. The molecule has 0 radical (unpaired) electrons. The summed E-state index contributed by atoms with van der Waals surface area (Å²) >= 11 is 3.61. The van der Waals surface area contributed by atoms with Gasteiger partial charge in [0.25, 0.3) is 0 Å². The Kier molecular flexibility index (Phi) is 4.84. The molecule has 2 rings (SSSR count). The maximum atomic E-state index is 6.21. The van der Waals surface area contributed by atoms with Gasteiger partial charge in [-0.25, -0.2) is 0 Å². The third-order valence-corrected chi connectivity index (χ3v) is 4.06. The average molecular weight is 352 g/mol. The van der Waals surface area contributed by atoms with Crippen molar-refractivity contribution < 1.29 is 4.42 Å². The van der Waals surface area contributed by atoms with E-state index in [2.05, 4.69) is 74.9 Å². The molecule has 3 heteroatoms. The second-order valence-electron chi connectivity index (χ2n) is 7.27. The molecule has 2 aromatic rings. The summed E-state index contributed by atoms with van der Waals surface area (Å²) in [7, 11) is 0. The zero-order chi connectivity index (χ0) is 15.8. The molecule has 0 bridgehead atoms. The minimum Gasteiger partial charge on any atom is -0.459 e. The highest BCUT2D eigenvalue weighted by Crippen LogP contribution is 2.38. The van der Waals surface area contributed by atoms with Crippen molar-refractivity contribution in [1.29, 1.82) is 0 Å². The van der Waals surface area contributed by atoms with Crippen LogP contribution in [-0.2, 0) is 12.0 Å². The molecule has 0 aliphatic heterocycles. The fraction of sp³-hybridized carbons (Fsp3) is 0.556. The lowest BCUT2D eigenvalue weighted by atomic mass is 9.84. The standard InChI is InChI=1S/C18H26BrNO/c1-11(2)9-20-10-15-16(18(4,5)6)14-8-13(19)7-12(3)17(14)21-15/h7-8,11,20H,9-10H2,1-6H3. The summed E-state index contributed by atoms with van der Waals surface area (Å²) in [5.74, 6) is 1.71. The number of furan rings is 1. The van der Waals surface area contributed by atoms with Crippen molar-refractivity contribution in [2.45, 2.75) is 53.5 Å². The molecule has 116 valence electrons. The van der Waals surface area contributed by atoms with E-state index in [1.54, 1.807) is 0 Å². The van der Waals surface area contributed by atoms with Gasteiger partial charge in [-0.2, -0.15) is 0 Å². The van der Waals surface area contributed by atoms with Gasteiger partial charge in [0.2, 0.25) is 0 Å². The molecule has 0 atom stereocenters. The van der Waals surface area contributed by atoms with E-state index >= 15 is 0 Å². The summed E-state index contributed by atoms with van der Waals surface area (Å²) in [5.41, 5.74) is 3.58. The van der Waals surface area contributed by atoms with Crippen LogP contribution < -0.4 is 5.32 Å². The number of hydrogen-bond donors (Lipinski definition) is 1. The fourth-order valence-electron chi connectivity index (χ4n) is 2.80. The maximum absolute atomic E-state index is 6.21. The molecule has 1 aromatic carbocycles. The van der Waals surface area contributed by atoms with Crippen molar-refractivity contribution in [2.24, 2.45) is 5.92 Å². The van der Waals surface area contributed by atoms with Crippen molar-refractivity contribution in [3.05, 3.63) is 33.5 Å². The Labute approximate surface area is 136 Å². The summed E-state index contributed by atoms with van der Waals surface area (Å²) in [5, 5.41) is 4.74. The van der Waals surface area contributed by atoms with E-state index in [9.17, 15) is 0 Å². The largest absolute Gasteiger partial charge is 0.459 e. The third kappa shape index (κ3) is 3.70. The molecule has 0 saturated carbocycles. The lowest BCUT2D eigenvalue weighted by Crippen LogP contribution is -2.21. The Bertz CT molecular complexity index is 635. The predicted octanol–water partition coefficient (Wildman–Crippen LogP) is 5.55. The summed E-state index contributed by atoms with van der Waals surface area (Å²) < 4.78 is 7.32. The fourth-order valence-corrected chi connectivity index (χ4v) is 3.37. The highest BCUT2D eigenvalue weighted by molar-refractivity contribution is 9.10. The molecule has 0 aliphatic carbocycles. The first-order valence-electron chi connectivity index (χ1n) is 7.63. The number of benzene rings is 1. The molecule has 1 aromatic heterocycles. The molecule has 0 amide bonds. The quantitative estimate of drug-likeness (QED) is 0.781. The van der Waals surface area contributed by atoms with E-state index in [0.717, 1.165) is 28.9 Å².